The molecule has 1 aromatic carbocycles. The fourth-order valence-electron chi connectivity index (χ4n) is 2.35. The summed E-state index contributed by atoms with van der Waals surface area (Å²) in [5, 5.41) is 0. The summed E-state index contributed by atoms with van der Waals surface area (Å²) >= 11 is 0. The van der Waals surface area contributed by atoms with Crippen LogP contribution in [0.2, 0.25) is 0 Å². The van der Waals surface area contributed by atoms with Gasteiger partial charge in [0.2, 0.25) is 0 Å². The number of piperazine rings is 1. The van der Waals surface area contributed by atoms with Crippen LogP contribution in [0.5, 0.6) is 5.75 Å². The topological polar surface area (TPSA) is 32.8 Å². The molecular formula is C15H20F2N2O2. The summed E-state index contributed by atoms with van der Waals surface area (Å²) in [5.41, 5.74) is 0. The summed E-state index contributed by atoms with van der Waals surface area (Å²) < 4.78 is 31.7. The molecule has 6 heteroatoms. The average Bonchev–Trinajstić information content (AvgIpc) is 2.49. The van der Waals surface area contributed by atoms with Crippen molar-refractivity contribution in [2.45, 2.75) is 20.0 Å². The number of hydrogen-bond acceptors (Lipinski definition) is 3. The van der Waals surface area contributed by atoms with Crippen molar-refractivity contribution >= 4 is 5.91 Å². The van der Waals surface area contributed by atoms with Gasteiger partial charge in [-0.2, -0.15) is 0 Å². The summed E-state index contributed by atoms with van der Waals surface area (Å²) in [6, 6.07) is 3.05. The molecule has 2 rings (SSSR count). The first-order chi connectivity index (χ1) is 10.0. The molecular weight excluding hydrogens is 278 g/mol. The summed E-state index contributed by atoms with van der Waals surface area (Å²) in [4.78, 5) is 16.2. The molecule has 0 radical (unpaired) electrons. The SMILES string of the molecule is CCN1CCN(C(=O)C(C)Oc2ccc(F)cc2F)CC1. The van der Waals surface area contributed by atoms with Crippen LogP contribution in [-0.2, 0) is 4.79 Å². The predicted octanol–water partition coefficient (Wildman–Crippen LogP) is 1.90. The van der Waals surface area contributed by atoms with Crippen LogP contribution in [0.3, 0.4) is 0 Å². The molecule has 1 unspecified atom stereocenters. The van der Waals surface area contributed by atoms with E-state index in [1.54, 1.807) is 11.8 Å². The second-order valence-corrected chi connectivity index (χ2v) is 5.09. The normalized spacial score (nSPS) is 17.6. The highest BCUT2D eigenvalue weighted by Gasteiger charge is 2.26. The number of amides is 1. The largest absolute Gasteiger partial charge is 0.478 e. The molecule has 1 heterocycles. The van der Waals surface area contributed by atoms with Gasteiger partial charge in [-0.05, 0) is 25.6 Å². The summed E-state index contributed by atoms with van der Waals surface area (Å²) in [7, 11) is 0. The maximum atomic E-state index is 13.5. The molecule has 0 spiro atoms. The Morgan fingerprint density at radius 1 is 1.29 bits per heavy atom. The second kappa shape index (κ2) is 6.85. The van der Waals surface area contributed by atoms with Crippen molar-refractivity contribution in [3.63, 3.8) is 0 Å². The van der Waals surface area contributed by atoms with E-state index in [1.165, 1.54) is 6.07 Å². The van der Waals surface area contributed by atoms with Crippen molar-refractivity contribution in [2.24, 2.45) is 0 Å². The number of likely N-dealkylation sites (N-methyl/N-ethyl adjacent to an activating group) is 1. The minimum atomic E-state index is -0.801. The average molecular weight is 298 g/mol. The van der Waals surface area contributed by atoms with Crippen molar-refractivity contribution < 1.29 is 18.3 Å². The molecule has 1 saturated heterocycles. The lowest BCUT2D eigenvalue weighted by Crippen LogP contribution is -2.51. The van der Waals surface area contributed by atoms with E-state index in [9.17, 15) is 13.6 Å². The Hall–Kier alpha value is -1.69. The first kappa shape index (κ1) is 15.7. The van der Waals surface area contributed by atoms with Gasteiger partial charge < -0.3 is 14.5 Å². The number of ether oxygens (including phenoxy) is 1. The van der Waals surface area contributed by atoms with Gasteiger partial charge in [0.1, 0.15) is 5.82 Å². The second-order valence-electron chi connectivity index (χ2n) is 5.09. The minimum Gasteiger partial charge on any atom is -0.478 e. The third kappa shape index (κ3) is 3.91. The molecule has 21 heavy (non-hydrogen) atoms. The first-order valence-electron chi connectivity index (χ1n) is 7.14. The molecule has 1 atom stereocenters. The van der Waals surface area contributed by atoms with Crippen LogP contribution in [0.1, 0.15) is 13.8 Å². The third-order valence-electron chi connectivity index (χ3n) is 3.68. The molecule has 0 saturated carbocycles. The van der Waals surface area contributed by atoms with Crippen LogP contribution >= 0.6 is 0 Å². The minimum absolute atomic E-state index is 0.107. The first-order valence-corrected chi connectivity index (χ1v) is 7.14. The molecule has 1 amide bonds. The highest BCUT2D eigenvalue weighted by atomic mass is 19.1. The Bertz CT molecular complexity index is 502. The maximum Gasteiger partial charge on any atom is 0.263 e. The van der Waals surface area contributed by atoms with Gasteiger partial charge >= 0.3 is 0 Å². The fourth-order valence-corrected chi connectivity index (χ4v) is 2.35. The maximum absolute atomic E-state index is 13.5. The highest BCUT2D eigenvalue weighted by molar-refractivity contribution is 5.81. The molecule has 4 nitrogen and oxygen atoms in total. The van der Waals surface area contributed by atoms with Gasteiger partial charge in [0, 0.05) is 32.2 Å². The molecule has 1 aliphatic heterocycles. The van der Waals surface area contributed by atoms with Crippen molar-refractivity contribution in [3.05, 3.63) is 29.8 Å². The Morgan fingerprint density at radius 2 is 1.95 bits per heavy atom. The molecule has 0 N–H and O–H groups in total. The number of carbonyl (C=O) groups excluding carboxylic acids is 1. The quantitative estimate of drug-likeness (QED) is 0.851. The Balaban J connectivity index is 1.93. The summed E-state index contributed by atoms with van der Waals surface area (Å²) in [5.74, 6) is -1.75. The molecule has 0 aliphatic carbocycles. The standard InChI is InChI=1S/C15H20F2N2O2/c1-3-18-6-8-19(9-7-18)15(20)11(2)21-14-5-4-12(16)10-13(14)17/h4-5,10-11H,3,6-9H2,1-2H3. The van der Waals surface area contributed by atoms with E-state index in [2.05, 4.69) is 11.8 Å². The van der Waals surface area contributed by atoms with E-state index in [0.29, 0.717) is 13.1 Å². The summed E-state index contributed by atoms with van der Waals surface area (Å²) in [6.07, 6.45) is -0.793. The van der Waals surface area contributed by atoms with Gasteiger partial charge in [-0.15, -0.1) is 0 Å². The van der Waals surface area contributed by atoms with Gasteiger partial charge in [-0.1, -0.05) is 6.92 Å². The molecule has 116 valence electrons. The molecule has 1 aliphatic rings. The number of carbonyl (C=O) groups is 1. The van der Waals surface area contributed by atoms with Crippen LogP contribution in [0, 0.1) is 11.6 Å². The lowest BCUT2D eigenvalue weighted by molar-refractivity contribution is -0.139. The number of hydrogen-bond donors (Lipinski definition) is 0. The van der Waals surface area contributed by atoms with E-state index in [1.807, 2.05) is 0 Å². The Kier molecular flexibility index (Phi) is 5.12. The zero-order valence-electron chi connectivity index (χ0n) is 12.3. The Morgan fingerprint density at radius 3 is 2.52 bits per heavy atom. The van der Waals surface area contributed by atoms with Gasteiger partial charge in [-0.25, -0.2) is 8.78 Å². The van der Waals surface area contributed by atoms with E-state index in [4.69, 9.17) is 4.74 Å². The lowest BCUT2D eigenvalue weighted by Gasteiger charge is -2.35. The van der Waals surface area contributed by atoms with Crippen LogP contribution in [0.15, 0.2) is 18.2 Å². The van der Waals surface area contributed by atoms with Gasteiger partial charge in [0.25, 0.3) is 5.91 Å². The van der Waals surface area contributed by atoms with E-state index in [-0.39, 0.29) is 11.7 Å². The molecule has 0 bridgehead atoms. The van der Waals surface area contributed by atoms with Crippen LogP contribution in [0.4, 0.5) is 8.78 Å². The Labute approximate surface area is 123 Å². The van der Waals surface area contributed by atoms with Crippen molar-refractivity contribution in [3.8, 4) is 5.75 Å². The summed E-state index contributed by atoms with van der Waals surface area (Å²) in [6.45, 7) is 7.59. The molecule has 1 aromatic rings. The van der Waals surface area contributed by atoms with Crippen LogP contribution in [0.25, 0.3) is 0 Å². The monoisotopic (exact) mass is 298 g/mol. The zero-order valence-corrected chi connectivity index (χ0v) is 12.3. The lowest BCUT2D eigenvalue weighted by atomic mass is 10.2. The van der Waals surface area contributed by atoms with Crippen molar-refractivity contribution in [1.29, 1.82) is 0 Å². The van der Waals surface area contributed by atoms with E-state index in [0.717, 1.165) is 31.8 Å². The van der Waals surface area contributed by atoms with Crippen molar-refractivity contribution in [2.75, 3.05) is 32.7 Å². The van der Waals surface area contributed by atoms with Gasteiger partial charge in [0.15, 0.2) is 17.7 Å². The van der Waals surface area contributed by atoms with Gasteiger partial charge in [0.05, 0.1) is 0 Å². The number of nitrogens with zero attached hydrogens (tertiary/aromatic N) is 2. The van der Waals surface area contributed by atoms with Crippen LogP contribution < -0.4 is 4.74 Å². The predicted molar refractivity (Wildman–Crippen MR) is 75.1 cm³/mol. The third-order valence-corrected chi connectivity index (χ3v) is 3.68. The van der Waals surface area contributed by atoms with Crippen LogP contribution in [-0.4, -0.2) is 54.5 Å². The zero-order chi connectivity index (χ0) is 15.4. The molecule has 0 aromatic heterocycles. The smallest absolute Gasteiger partial charge is 0.263 e. The molecule has 1 fully saturated rings. The number of rotatable bonds is 4. The fraction of sp³-hybridized carbons (Fsp3) is 0.533. The highest BCUT2D eigenvalue weighted by Crippen LogP contribution is 2.19. The van der Waals surface area contributed by atoms with Gasteiger partial charge in [-0.3, -0.25) is 4.79 Å². The number of halogens is 2. The van der Waals surface area contributed by atoms with E-state index >= 15 is 0 Å². The van der Waals surface area contributed by atoms with E-state index < -0.39 is 17.7 Å². The van der Waals surface area contributed by atoms with Crippen molar-refractivity contribution in [1.82, 2.24) is 9.80 Å². The number of benzene rings is 1.